The zero-order valence-electron chi connectivity index (χ0n) is 13.6. The van der Waals surface area contributed by atoms with Crippen molar-refractivity contribution in [3.63, 3.8) is 0 Å². The van der Waals surface area contributed by atoms with E-state index in [0.717, 1.165) is 5.69 Å². The molecule has 2 heterocycles. The quantitative estimate of drug-likeness (QED) is 0.883. The standard InChI is InChI=1S/C16H18FN3O4S/c1-18-11-14(10-15(18)16(21)22)25(23,24)20-8-6-19(7-9-20)13-4-2-12(17)3-5-13/h2-5,10-11H,6-9H2,1H3,(H,21,22). The van der Waals surface area contributed by atoms with E-state index in [4.69, 9.17) is 5.11 Å². The van der Waals surface area contributed by atoms with Gasteiger partial charge in [0, 0.05) is 45.1 Å². The summed E-state index contributed by atoms with van der Waals surface area (Å²) in [6, 6.07) is 7.24. The van der Waals surface area contributed by atoms with Crippen LogP contribution in [0.5, 0.6) is 0 Å². The summed E-state index contributed by atoms with van der Waals surface area (Å²) in [6.45, 7) is 1.50. The molecule has 1 aliphatic heterocycles. The first-order valence-corrected chi connectivity index (χ1v) is 9.13. The second-order valence-electron chi connectivity index (χ2n) is 5.84. The van der Waals surface area contributed by atoms with E-state index in [9.17, 15) is 17.6 Å². The van der Waals surface area contributed by atoms with Crippen LogP contribution in [0, 0.1) is 5.82 Å². The second kappa shape index (κ2) is 6.49. The van der Waals surface area contributed by atoms with E-state index in [0.29, 0.717) is 13.1 Å². The SMILES string of the molecule is Cn1cc(S(=O)(=O)N2CCN(c3ccc(F)cc3)CC2)cc1C(=O)O. The molecule has 0 spiro atoms. The summed E-state index contributed by atoms with van der Waals surface area (Å²) in [5, 5.41) is 9.07. The normalized spacial score (nSPS) is 16.2. The maximum absolute atomic E-state index is 13.0. The molecule has 0 amide bonds. The van der Waals surface area contributed by atoms with E-state index in [1.54, 1.807) is 12.1 Å². The average molecular weight is 367 g/mol. The molecule has 134 valence electrons. The fourth-order valence-corrected chi connectivity index (χ4v) is 4.37. The summed E-state index contributed by atoms with van der Waals surface area (Å²) >= 11 is 0. The Morgan fingerprint density at radius 3 is 2.24 bits per heavy atom. The molecule has 1 aliphatic rings. The number of anilines is 1. The molecule has 1 fully saturated rings. The van der Waals surface area contributed by atoms with Crippen molar-refractivity contribution in [2.75, 3.05) is 31.1 Å². The van der Waals surface area contributed by atoms with Crippen LogP contribution in [0.3, 0.4) is 0 Å². The predicted octanol–water partition coefficient (Wildman–Crippen LogP) is 1.37. The number of rotatable bonds is 4. The first-order chi connectivity index (χ1) is 11.8. The number of aromatic carboxylic acids is 1. The minimum absolute atomic E-state index is 0.0253. The Labute approximate surface area is 144 Å². The summed E-state index contributed by atoms with van der Waals surface area (Å²) in [7, 11) is -2.25. The summed E-state index contributed by atoms with van der Waals surface area (Å²) in [5.74, 6) is -1.49. The Morgan fingerprint density at radius 1 is 1.12 bits per heavy atom. The van der Waals surface area contributed by atoms with Gasteiger partial charge in [0.15, 0.2) is 0 Å². The molecular weight excluding hydrogens is 349 g/mol. The van der Waals surface area contributed by atoms with Gasteiger partial charge < -0.3 is 14.6 Å². The van der Waals surface area contributed by atoms with Crippen molar-refractivity contribution >= 4 is 21.7 Å². The van der Waals surface area contributed by atoms with Crippen molar-refractivity contribution in [1.29, 1.82) is 0 Å². The summed E-state index contributed by atoms with van der Waals surface area (Å²) in [6.07, 6.45) is 1.31. The molecule has 0 radical (unpaired) electrons. The molecule has 1 saturated heterocycles. The molecule has 2 aromatic rings. The lowest BCUT2D eigenvalue weighted by Gasteiger charge is -2.35. The van der Waals surface area contributed by atoms with Crippen molar-refractivity contribution in [1.82, 2.24) is 8.87 Å². The smallest absolute Gasteiger partial charge is 0.352 e. The first-order valence-electron chi connectivity index (χ1n) is 7.69. The summed E-state index contributed by atoms with van der Waals surface area (Å²) in [4.78, 5) is 13.1. The highest BCUT2D eigenvalue weighted by Crippen LogP contribution is 2.22. The number of carboxylic acid groups (broad SMARTS) is 1. The Kier molecular flexibility index (Phi) is 4.53. The number of benzene rings is 1. The van der Waals surface area contributed by atoms with Gasteiger partial charge in [-0.15, -0.1) is 0 Å². The van der Waals surface area contributed by atoms with Crippen molar-refractivity contribution in [3.05, 3.63) is 48.0 Å². The van der Waals surface area contributed by atoms with Gasteiger partial charge in [0.1, 0.15) is 16.4 Å². The van der Waals surface area contributed by atoms with Gasteiger partial charge in [0.05, 0.1) is 0 Å². The maximum Gasteiger partial charge on any atom is 0.352 e. The van der Waals surface area contributed by atoms with E-state index < -0.39 is 16.0 Å². The maximum atomic E-state index is 13.0. The minimum atomic E-state index is -3.75. The van der Waals surface area contributed by atoms with E-state index in [-0.39, 0.29) is 29.5 Å². The average Bonchev–Trinajstić information content (AvgIpc) is 2.99. The summed E-state index contributed by atoms with van der Waals surface area (Å²) in [5.41, 5.74) is 0.759. The lowest BCUT2D eigenvalue weighted by molar-refractivity contribution is 0.0686. The number of carboxylic acids is 1. The number of nitrogens with zero attached hydrogens (tertiary/aromatic N) is 3. The van der Waals surface area contributed by atoms with Crippen LogP contribution in [0.25, 0.3) is 0 Å². The molecule has 0 unspecified atom stereocenters. The highest BCUT2D eigenvalue weighted by molar-refractivity contribution is 7.89. The number of carbonyl (C=O) groups is 1. The molecule has 1 aromatic carbocycles. The molecule has 3 rings (SSSR count). The number of piperazine rings is 1. The highest BCUT2D eigenvalue weighted by Gasteiger charge is 2.30. The highest BCUT2D eigenvalue weighted by atomic mass is 32.2. The Balaban J connectivity index is 1.74. The monoisotopic (exact) mass is 367 g/mol. The molecule has 0 saturated carbocycles. The lowest BCUT2D eigenvalue weighted by Crippen LogP contribution is -2.48. The van der Waals surface area contributed by atoms with Crippen molar-refractivity contribution in [3.8, 4) is 0 Å². The number of sulfonamides is 1. The van der Waals surface area contributed by atoms with Crippen LogP contribution < -0.4 is 4.90 Å². The Bertz CT molecular complexity index is 885. The number of halogens is 1. The zero-order valence-corrected chi connectivity index (χ0v) is 14.4. The molecule has 1 aromatic heterocycles. The van der Waals surface area contributed by atoms with Gasteiger partial charge in [0.2, 0.25) is 10.0 Å². The molecule has 7 nitrogen and oxygen atoms in total. The van der Waals surface area contributed by atoms with Gasteiger partial charge in [-0.2, -0.15) is 4.31 Å². The van der Waals surface area contributed by atoms with Gasteiger partial charge in [-0.1, -0.05) is 0 Å². The third-order valence-electron chi connectivity index (χ3n) is 4.27. The zero-order chi connectivity index (χ0) is 18.2. The number of aromatic nitrogens is 1. The number of hydrogen-bond acceptors (Lipinski definition) is 4. The molecule has 1 N–H and O–H groups in total. The van der Waals surface area contributed by atoms with Crippen LogP contribution in [0.15, 0.2) is 41.4 Å². The topological polar surface area (TPSA) is 82.9 Å². The Morgan fingerprint density at radius 2 is 1.72 bits per heavy atom. The van der Waals surface area contributed by atoms with Gasteiger partial charge in [-0.3, -0.25) is 0 Å². The third-order valence-corrected chi connectivity index (χ3v) is 6.13. The van der Waals surface area contributed by atoms with E-state index in [2.05, 4.69) is 0 Å². The van der Waals surface area contributed by atoms with Gasteiger partial charge in [-0.05, 0) is 30.3 Å². The molecular formula is C16H18FN3O4S. The van der Waals surface area contributed by atoms with Crippen LogP contribution in [-0.2, 0) is 17.1 Å². The fourth-order valence-electron chi connectivity index (χ4n) is 2.88. The van der Waals surface area contributed by atoms with Crippen molar-refractivity contribution in [2.45, 2.75) is 4.90 Å². The van der Waals surface area contributed by atoms with Gasteiger partial charge in [0.25, 0.3) is 0 Å². The van der Waals surface area contributed by atoms with Crippen LogP contribution in [0.2, 0.25) is 0 Å². The number of aryl methyl sites for hydroxylation is 1. The van der Waals surface area contributed by atoms with E-state index in [1.165, 1.54) is 40.3 Å². The largest absolute Gasteiger partial charge is 0.477 e. The molecule has 0 atom stereocenters. The van der Waals surface area contributed by atoms with Gasteiger partial charge in [-0.25, -0.2) is 17.6 Å². The molecule has 0 aliphatic carbocycles. The predicted molar refractivity (Wildman–Crippen MR) is 89.7 cm³/mol. The first kappa shape index (κ1) is 17.4. The molecule has 9 heteroatoms. The second-order valence-corrected chi connectivity index (χ2v) is 7.78. The van der Waals surface area contributed by atoms with Crippen LogP contribution in [-0.4, -0.2) is 54.5 Å². The van der Waals surface area contributed by atoms with E-state index in [1.807, 2.05) is 4.90 Å². The number of hydrogen-bond donors (Lipinski definition) is 1. The van der Waals surface area contributed by atoms with Crippen LogP contribution in [0.4, 0.5) is 10.1 Å². The van der Waals surface area contributed by atoms with Crippen LogP contribution in [0.1, 0.15) is 10.5 Å². The minimum Gasteiger partial charge on any atom is -0.477 e. The molecule has 25 heavy (non-hydrogen) atoms. The summed E-state index contributed by atoms with van der Waals surface area (Å²) < 4.78 is 41.1. The fraction of sp³-hybridized carbons (Fsp3) is 0.312. The third kappa shape index (κ3) is 3.38. The van der Waals surface area contributed by atoms with Crippen molar-refractivity contribution < 1.29 is 22.7 Å². The van der Waals surface area contributed by atoms with Crippen molar-refractivity contribution in [2.24, 2.45) is 7.05 Å². The van der Waals surface area contributed by atoms with Gasteiger partial charge >= 0.3 is 5.97 Å². The lowest BCUT2D eigenvalue weighted by atomic mass is 10.2. The Hall–Kier alpha value is -2.39. The van der Waals surface area contributed by atoms with Crippen LogP contribution >= 0.6 is 0 Å². The van der Waals surface area contributed by atoms with E-state index >= 15 is 0 Å². The molecule has 0 bridgehead atoms.